The molecule has 1 saturated carbocycles. The first-order valence-electron chi connectivity index (χ1n) is 6.12. The Bertz CT molecular complexity index is 356. The third kappa shape index (κ3) is 3.03. The van der Waals surface area contributed by atoms with Gasteiger partial charge in [0.15, 0.2) is 0 Å². The van der Waals surface area contributed by atoms with Gasteiger partial charge in [0.25, 0.3) is 0 Å². The van der Waals surface area contributed by atoms with Gasteiger partial charge in [0, 0.05) is 13.0 Å². The molecule has 0 saturated heterocycles. The van der Waals surface area contributed by atoms with E-state index in [0.717, 1.165) is 44.3 Å². The summed E-state index contributed by atoms with van der Waals surface area (Å²) in [6, 6.07) is 0. The summed E-state index contributed by atoms with van der Waals surface area (Å²) in [7, 11) is 0. The van der Waals surface area contributed by atoms with E-state index in [4.69, 9.17) is 5.73 Å². The molecule has 1 aliphatic carbocycles. The van der Waals surface area contributed by atoms with Gasteiger partial charge in [-0.3, -0.25) is 9.89 Å². The van der Waals surface area contributed by atoms with Gasteiger partial charge >= 0.3 is 0 Å². The Labute approximate surface area is 100 Å². The van der Waals surface area contributed by atoms with E-state index in [-0.39, 0.29) is 5.91 Å². The molecule has 17 heavy (non-hydrogen) atoms. The monoisotopic (exact) mass is 237 g/mol. The second-order valence-electron chi connectivity index (χ2n) is 4.65. The van der Waals surface area contributed by atoms with Crippen LogP contribution in [-0.4, -0.2) is 33.2 Å². The maximum absolute atomic E-state index is 11.9. The molecule has 0 radical (unpaired) electrons. The van der Waals surface area contributed by atoms with E-state index in [1.165, 1.54) is 6.33 Å². The number of hydrogen-bond donors (Lipinski definition) is 3. The Kier molecular flexibility index (Phi) is 3.73. The van der Waals surface area contributed by atoms with Gasteiger partial charge in [0.05, 0.1) is 5.54 Å². The van der Waals surface area contributed by atoms with Crippen LogP contribution < -0.4 is 11.1 Å². The van der Waals surface area contributed by atoms with Gasteiger partial charge in [-0.2, -0.15) is 5.10 Å². The minimum Gasteiger partial charge on any atom is -0.354 e. The zero-order valence-electron chi connectivity index (χ0n) is 9.91. The fraction of sp³-hybridized carbons (Fsp3) is 0.727. The average Bonchev–Trinajstić information content (AvgIpc) is 2.96. The number of nitrogens with two attached hydrogens (primary N) is 1. The summed E-state index contributed by atoms with van der Waals surface area (Å²) in [6.45, 7) is 0.637. The molecule has 0 atom stereocenters. The number of amides is 1. The highest BCUT2D eigenvalue weighted by Gasteiger charge is 2.36. The molecule has 1 aromatic rings. The highest BCUT2D eigenvalue weighted by atomic mass is 16.2. The van der Waals surface area contributed by atoms with Gasteiger partial charge in [0.2, 0.25) is 5.91 Å². The lowest BCUT2D eigenvalue weighted by molar-refractivity contribution is -0.126. The molecule has 6 heteroatoms. The standard InChI is InChI=1S/C11H19N5O/c12-11(5-1-2-6-11)10(17)13-7-3-4-9-14-8-15-16-9/h8H,1-7,12H2,(H,13,17)(H,14,15,16). The molecule has 0 aromatic carbocycles. The molecule has 1 amide bonds. The van der Waals surface area contributed by atoms with Gasteiger partial charge < -0.3 is 11.1 Å². The third-order valence-electron chi connectivity index (χ3n) is 3.29. The lowest BCUT2D eigenvalue weighted by Crippen LogP contribution is -2.52. The van der Waals surface area contributed by atoms with Crippen LogP contribution >= 0.6 is 0 Å². The van der Waals surface area contributed by atoms with Crippen LogP contribution in [0, 0.1) is 0 Å². The molecule has 4 N–H and O–H groups in total. The van der Waals surface area contributed by atoms with Crippen molar-refractivity contribution in [1.82, 2.24) is 20.5 Å². The zero-order chi connectivity index (χ0) is 12.1. The third-order valence-corrected chi connectivity index (χ3v) is 3.29. The van der Waals surface area contributed by atoms with E-state index in [2.05, 4.69) is 20.5 Å². The van der Waals surface area contributed by atoms with Crippen LogP contribution in [0.4, 0.5) is 0 Å². The molecule has 0 aliphatic heterocycles. The Hall–Kier alpha value is -1.43. The lowest BCUT2D eigenvalue weighted by Gasteiger charge is -2.22. The molecule has 0 unspecified atom stereocenters. The minimum atomic E-state index is -0.619. The van der Waals surface area contributed by atoms with Crippen molar-refractivity contribution in [2.75, 3.05) is 6.54 Å². The smallest absolute Gasteiger partial charge is 0.240 e. The summed E-state index contributed by atoms with van der Waals surface area (Å²) in [4.78, 5) is 15.9. The number of aromatic nitrogens is 3. The Morgan fingerprint density at radius 2 is 2.29 bits per heavy atom. The second kappa shape index (κ2) is 5.27. The molecule has 94 valence electrons. The van der Waals surface area contributed by atoms with Crippen LogP contribution in [0.5, 0.6) is 0 Å². The van der Waals surface area contributed by atoms with Crippen LogP contribution in [0.3, 0.4) is 0 Å². The Morgan fingerprint density at radius 3 is 2.94 bits per heavy atom. The number of aromatic amines is 1. The highest BCUT2D eigenvalue weighted by molar-refractivity contribution is 5.86. The van der Waals surface area contributed by atoms with Gasteiger partial charge in [-0.1, -0.05) is 12.8 Å². The minimum absolute atomic E-state index is 0.00688. The van der Waals surface area contributed by atoms with Gasteiger partial charge in [0.1, 0.15) is 12.2 Å². The molecule has 0 bridgehead atoms. The summed E-state index contributed by atoms with van der Waals surface area (Å²) in [5.41, 5.74) is 5.42. The van der Waals surface area contributed by atoms with Gasteiger partial charge in [-0.15, -0.1) is 0 Å². The summed E-state index contributed by atoms with van der Waals surface area (Å²) in [5.74, 6) is 0.843. The Morgan fingerprint density at radius 1 is 1.53 bits per heavy atom. The maximum atomic E-state index is 11.9. The van der Waals surface area contributed by atoms with Crippen LogP contribution in [0.1, 0.15) is 37.9 Å². The first-order valence-corrected chi connectivity index (χ1v) is 6.12. The van der Waals surface area contributed by atoms with Crippen molar-refractivity contribution in [3.8, 4) is 0 Å². The lowest BCUT2D eigenvalue weighted by atomic mass is 9.98. The molecule has 6 nitrogen and oxygen atoms in total. The quantitative estimate of drug-likeness (QED) is 0.634. The zero-order valence-corrected chi connectivity index (χ0v) is 9.91. The van der Waals surface area contributed by atoms with Gasteiger partial charge in [-0.05, 0) is 19.3 Å². The van der Waals surface area contributed by atoms with E-state index >= 15 is 0 Å². The number of carbonyl (C=O) groups is 1. The van der Waals surface area contributed by atoms with Crippen LogP contribution in [0.2, 0.25) is 0 Å². The van der Waals surface area contributed by atoms with Crippen LogP contribution in [0.25, 0.3) is 0 Å². The first kappa shape index (κ1) is 12.0. The van der Waals surface area contributed by atoms with Crippen LogP contribution in [-0.2, 0) is 11.2 Å². The normalized spacial score (nSPS) is 18.2. The van der Waals surface area contributed by atoms with Crippen molar-refractivity contribution in [1.29, 1.82) is 0 Å². The van der Waals surface area contributed by atoms with Gasteiger partial charge in [-0.25, -0.2) is 4.98 Å². The molecule has 1 heterocycles. The average molecular weight is 237 g/mol. The van der Waals surface area contributed by atoms with E-state index in [1.54, 1.807) is 0 Å². The molecular formula is C11H19N5O. The first-order chi connectivity index (χ1) is 8.21. The van der Waals surface area contributed by atoms with E-state index in [1.807, 2.05) is 0 Å². The highest BCUT2D eigenvalue weighted by Crippen LogP contribution is 2.27. The maximum Gasteiger partial charge on any atom is 0.240 e. The van der Waals surface area contributed by atoms with Crippen LogP contribution in [0.15, 0.2) is 6.33 Å². The van der Waals surface area contributed by atoms with E-state index in [9.17, 15) is 4.79 Å². The largest absolute Gasteiger partial charge is 0.354 e. The summed E-state index contributed by atoms with van der Waals surface area (Å²) >= 11 is 0. The molecule has 1 aromatic heterocycles. The van der Waals surface area contributed by atoms with Crippen molar-refractivity contribution < 1.29 is 4.79 Å². The van der Waals surface area contributed by atoms with Crippen molar-refractivity contribution in [3.05, 3.63) is 12.2 Å². The fourth-order valence-corrected chi connectivity index (χ4v) is 2.22. The number of carbonyl (C=O) groups excluding carboxylic acids is 1. The fourth-order valence-electron chi connectivity index (χ4n) is 2.22. The molecule has 0 spiro atoms. The Balaban J connectivity index is 1.66. The number of nitrogens with zero attached hydrogens (tertiary/aromatic N) is 2. The van der Waals surface area contributed by atoms with Crippen molar-refractivity contribution >= 4 is 5.91 Å². The molecular weight excluding hydrogens is 218 g/mol. The molecule has 2 rings (SSSR count). The van der Waals surface area contributed by atoms with E-state index < -0.39 is 5.54 Å². The molecule has 1 fully saturated rings. The predicted octanol–water partition coefficient (Wildman–Crippen LogP) is 0.125. The second-order valence-corrected chi connectivity index (χ2v) is 4.65. The number of rotatable bonds is 5. The molecule has 1 aliphatic rings. The summed E-state index contributed by atoms with van der Waals surface area (Å²) < 4.78 is 0. The SMILES string of the molecule is NC1(C(=O)NCCCc2ncn[nH]2)CCCC1. The van der Waals surface area contributed by atoms with Crippen molar-refractivity contribution in [2.45, 2.75) is 44.1 Å². The topological polar surface area (TPSA) is 96.7 Å². The number of nitrogens with one attached hydrogen (secondary N) is 2. The van der Waals surface area contributed by atoms with Crippen molar-refractivity contribution in [2.24, 2.45) is 5.73 Å². The number of aryl methyl sites for hydroxylation is 1. The summed E-state index contributed by atoms with van der Waals surface area (Å²) in [5, 5.41) is 9.46. The predicted molar refractivity (Wildman–Crippen MR) is 63.1 cm³/mol. The number of hydrogen-bond acceptors (Lipinski definition) is 4. The van der Waals surface area contributed by atoms with E-state index in [0.29, 0.717) is 6.54 Å². The summed E-state index contributed by atoms with van der Waals surface area (Å²) in [6.07, 6.45) is 6.85. The number of H-pyrrole nitrogens is 1. The van der Waals surface area contributed by atoms with Crippen molar-refractivity contribution in [3.63, 3.8) is 0 Å².